The van der Waals surface area contributed by atoms with Crippen molar-refractivity contribution in [1.29, 1.82) is 0 Å². The van der Waals surface area contributed by atoms with E-state index in [2.05, 4.69) is 5.32 Å². The standard InChI is InChI=1S/C26H26N2O5/c1-16(2)33-22-11-9-18(13-23(22)30-3)25-27-20-7-5-4-6-19(20)26(29)28(25)14-17-8-10-21-24(12-17)32-15-31-21/h4-13,16,25,27H,14-15H2,1-3H3. The number of benzene rings is 3. The second kappa shape index (κ2) is 8.58. The number of methoxy groups -OCH3 is 1. The number of rotatable bonds is 6. The topological polar surface area (TPSA) is 69.3 Å². The minimum atomic E-state index is -0.389. The van der Waals surface area contributed by atoms with E-state index in [9.17, 15) is 4.79 Å². The third-order valence-corrected chi connectivity index (χ3v) is 5.68. The number of nitrogens with one attached hydrogen (secondary N) is 1. The molecule has 0 radical (unpaired) electrons. The second-order valence-corrected chi connectivity index (χ2v) is 8.29. The van der Waals surface area contributed by atoms with E-state index in [0.717, 1.165) is 16.8 Å². The van der Waals surface area contributed by atoms with Gasteiger partial charge >= 0.3 is 0 Å². The molecule has 170 valence electrons. The van der Waals surface area contributed by atoms with Crippen molar-refractivity contribution in [3.63, 3.8) is 0 Å². The van der Waals surface area contributed by atoms with Gasteiger partial charge in [-0.05, 0) is 61.4 Å². The zero-order valence-electron chi connectivity index (χ0n) is 18.8. The van der Waals surface area contributed by atoms with Crippen molar-refractivity contribution in [2.24, 2.45) is 0 Å². The number of anilines is 1. The average Bonchev–Trinajstić information content (AvgIpc) is 3.29. The first-order valence-electron chi connectivity index (χ1n) is 10.9. The summed E-state index contributed by atoms with van der Waals surface area (Å²) < 4.78 is 22.4. The van der Waals surface area contributed by atoms with Crippen LogP contribution >= 0.6 is 0 Å². The zero-order valence-corrected chi connectivity index (χ0v) is 18.8. The van der Waals surface area contributed by atoms with Crippen LogP contribution in [0.1, 0.15) is 41.5 Å². The highest BCUT2D eigenvalue weighted by atomic mass is 16.7. The van der Waals surface area contributed by atoms with Gasteiger partial charge in [-0.2, -0.15) is 0 Å². The van der Waals surface area contributed by atoms with Crippen LogP contribution < -0.4 is 24.3 Å². The number of fused-ring (bicyclic) bond motifs is 2. The smallest absolute Gasteiger partial charge is 0.258 e. The Hall–Kier alpha value is -3.87. The largest absolute Gasteiger partial charge is 0.493 e. The highest BCUT2D eigenvalue weighted by Crippen LogP contribution is 2.39. The number of carbonyl (C=O) groups is 1. The van der Waals surface area contributed by atoms with E-state index in [4.69, 9.17) is 18.9 Å². The summed E-state index contributed by atoms with van der Waals surface area (Å²) in [5.41, 5.74) is 3.29. The molecule has 0 bridgehead atoms. The Kier molecular flexibility index (Phi) is 5.46. The molecule has 7 nitrogen and oxygen atoms in total. The number of hydrogen-bond acceptors (Lipinski definition) is 6. The third-order valence-electron chi connectivity index (χ3n) is 5.68. The Labute approximate surface area is 192 Å². The minimum Gasteiger partial charge on any atom is -0.493 e. The van der Waals surface area contributed by atoms with Gasteiger partial charge in [-0.25, -0.2) is 0 Å². The van der Waals surface area contributed by atoms with Gasteiger partial charge in [0.2, 0.25) is 6.79 Å². The van der Waals surface area contributed by atoms with Gasteiger partial charge in [-0.15, -0.1) is 0 Å². The molecule has 3 aromatic rings. The van der Waals surface area contributed by atoms with Crippen molar-refractivity contribution in [3.05, 3.63) is 77.4 Å². The van der Waals surface area contributed by atoms with Gasteiger partial charge in [-0.1, -0.05) is 24.3 Å². The summed E-state index contributed by atoms with van der Waals surface area (Å²) in [4.78, 5) is 15.4. The van der Waals surface area contributed by atoms with Gasteiger partial charge in [0.25, 0.3) is 5.91 Å². The summed E-state index contributed by atoms with van der Waals surface area (Å²) >= 11 is 0. The highest BCUT2D eigenvalue weighted by molar-refractivity contribution is 6.01. The van der Waals surface area contributed by atoms with E-state index >= 15 is 0 Å². The van der Waals surface area contributed by atoms with E-state index in [1.54, 1.807) is 7.11 Å². The van der Waals surface area contributed by atoms with Crippen molar-refractivity contribution in [1.82, 2.24) is 4.90 Å². The molecule has 0 aromatic heterocycles. The number of nitrogens with zero attached hydrogens (tertiary/aromatic N) is 1. The van der Waals surface area contributed by atoms with Crippen LogP contribution in [0.25, 0.3) is 0 Å². The molecule has 7 heteroatoms. The number of ether oxygens (including phenoxy) is 4. The van der Waals surface area contributed by atoms with Gasteiger partial charge in [0.05, 0.1) is 18.8 Å². The van der Waals surface area contributed by atoms with E-state index in [1.807, 2.05) is 79.4 Å². The van der Waals surface area contributed by atoms with Crippen LogP contribution in [-0.2, 0) is 6.54 Å². The molecule has 0 spiro atoms. The molecule has 1 N–H and O–H groups in total. The molecule has 3 aromatic carbocycles. The predicted molar refractivity (Wildman–Crippen MR) is 124 cm³/mol. The van der Waals surface area contributed by atoms with Gasteiger partial charge in [-0.3, -0.25) is 4.79 Å². The monoisotopic (exact) mass is 446 g/mol. The average molecular weight is 447 g/mol. The number of hydrogen-bond donors (Lipinski definition) is 1. The number of amides is 1. The predicted octanol–water partition coefficient (Wildman–Crippen LogP) is 4.98. The molecular weight excluding hydrogens is 420 g/mol. The molecule has 1 unspecified atom stereocenters. The molecule has 1 atom stereocenters. The Bertz CT molecular complexity index is 1190. The lowest BCUT2D eigenvalue weighted by Crippen LogP contribution is -2.42. The molecule has 2 aliphatic heterocycles. The fourth-order valence-corrected chi connectivity index (χ4v) is 4.16. The van der Waals surface area contributed by atoms with Crippen LogP contribution in [0.2, 0.25) is 0 Å². The van der Waals surface area contributed by atoms with Crippen molar-refractivity contribution in [2.75, 3.05) is 19.2 Å². The van der Waals surface area contributed by atoms with Crippen molar-refractivity contribution in [3.8, 4) is 23.0 Å². The molecule has 2 heterocycles. The first-order chi connectivity index (χ1) is 16.0. The molecule has 33 heavy (non-hydrogen) atoms. The zero-order chi connectivity index (χ0) is 22.9. The van der Waals surface area contributed by atoms with Crippen LogP contribution in [0.5, 0.6) is 23.0 Å². The van der Waals surface area contributed by atoms with Gasteiger partial charge in [0.1, 0.15) is 6.17 Å². The van der Waals surface area contributed by atoms with Crippen molar-refractivity contribution >= 4 is 11.6 Å². The highest BCUT2D eigenvalue weighted by Gasteiger charge is 2.33. The maximum absolute atomic E-state index is 13.6. The second-order valence-electron chi connectivity index (χ2n) is 8.29. The summed E-state index contributed by atoms with van der Waals surface area (Å²) in [6.07, 6.45) is -0.367. The maximum atomic E-state index is 13.6. The van der Waals surface area contributed by atoms with Crippen LogP contribution in [0.15, 0.2) is 60.7 Å². The summed E-state index contributed by atoms with van der Waals surface area (Å²) in [6, 6.07) is 19.1. The molecule has 0 saturated carbocycles. The minimum absolute atomic E-state index is 0.0218. The Morgan fingerprint density at radius 1 is 1.03 bits per heavy atom. The van der Waals surface area contributed by atoms with E-state index < -0.39 is 0 Å². The Morgan fingerprint density at radius 3 is 2.67 bits per heavy atom. The molecule has 0 aliphatic carbocycles. The summed E-state index contributed by atoms with van der Waals surface area (Å²) in [5, 5.41) is 3.53. The van der Waals surface area contributed by atoms with Crippen molar-refractivity contribution < 1.29 is 23.7 Å². The van der Waals surface area contributed by atoms with Gasteiger partial charge < -0.3 is 29.2 Å². The molecule has 2 aliphatic rings. The first-order valence-corrected chi connectivity index (χ1v) is 10.9. The van der Waals surface area contributed by atoms with Gasteiger partial charge in [0, 0.05) is 12.2 Å². The molecule has 1 amide bonds. The molecule has 0 saturated heterocycles. The Morgan fingerprint density at radius 2 is 1.85 bits per heavy atom. The maximum Gasteiger partial charge on any atom is 0.258 e. The molecular formula is C26H26N2O5. The number of para-hydroxylation sites is 1. The lowest BCUT2D eigenvalue weighted by molar-refractivity contribution is 0.0666. The quantitative estimate of drug-likeness (QED) is 0.576. The Balaban J connectivity index is 1.53. The fraction of sp³-hybridized carbons (Fsp3) is 0.269. The first kappa shape index (κ1) is 21.0. The lowest BCUT2D eigenvalue weighted by atomic mass is 10.0. The van der Waals surface area contributed by atoms with Crippen LogP contribution in [-0.4, -0.2) is 30.8 Å². The van der Waals surface area contributed by atoms with E-state index in [1.165, 1.54) is 0 Å². The van der Waals surface area contributed by atoms with Crippen LogP contribution in [0, 0.1) is 0 Å². The normalized spacial score (nSPS) is 16.4. The SMILES string of the molecule is COc1cc(C2Nc3ccccc3C(=O)N2Cc2ccc3c(c2)OCO3)ccc1OC(C)C. The lowest BCUT2D eigenvalue weighted by Gasteiger charge is -2.38. The summed E-state index contributed by atoms with van der Waals surface area (Å²) in [5.74, 6) is 2.65. The van der Waals surface area contributed by atoms with Crippen molar-refractivity contribution in [2.45, 2.75) is 32.7 Å². The van der Waals surface area contributed by atoms with Crippen LogP contribution in [0.4, 0.5) is 5.69 Å². The van der Waals surface area contributed by atoms with Crippen LogP contribution in [0.3, 0.4) is 0 Å². The fourth-order valence-electron chi connectivity index (χ4n) is 4.16. The van der Waals surface area contributed by atoms with E-state index in [-0.39, 0.29) is 25.0 Å². The summed E-state index contributed by atoms with van der Waals surface area (Å²) in [7, 11) is 1.62. The van der Waals surface area contributed by atoms with E-state index in [0.29, 0.717) is 35.1 Å². The molecule has 0 fully saturated rings. The molecule has 5 rings (SSSR count). The number of carbonyl (C=O) groups excluding carboxylic acids is 1. The van der Waals surface area contributed by atoms with Gasteiger partial charge in [0.15, 0.2) is 23.0 Å². The summed E-state index contributed by atoms with van der Waals surface area (Å²) in [6.45, 7) is 4.55. The third kappa shape index (κ3) is 4.02.